The maximum atomic E-state index is 12.4. The van der Waals surface area contributed by atoms with Crippen LogP contribution in [0.3, 0.4) is 0 Å². The molecule has 4 unspecified atom stereocenters. The number of likely N-dealkylation sites (N-methyl/N-ethyl adjacent to an activating group) is 1. The Labute approximate surface area is 375 Å². The predicted molar refractivity (Wildman–Crippen MR) is 262 cm³/mol. The monoisotopic (exact) mass is 845 g/mol. The molecule has 0 saturated carbocycles. The molecule has 0 aliphatic rings. The molecule has 0 fully saturated rings. The molecule has 0 radical (unpaired) electrons. The van der Waals surface area contributed by atoms with Gasteiger partial charge in [0.2, 0.25) is 0 Å². The molecule has 0 aromatic heterocycles. The molecule has 0 aliphatic carbocycles. The Bertz CT molecular complexity index is 1070. The second kappa shape index (κ2) is 40.1. The Morgan fingerprint density at radius 3 is 1.22 bits per heavy atom. The van der Waals surface area contributed by atoms with E-state index in [9.17, 15) is 9.59 Å². The van der Waals surface area contributed by atoms with Gasteiger partial charge < -0.3 is 19.3 Å². The standard InChI is InChI=1S/C54H104N2O4/c1-12-13-26-47(4)28-21-30-49(6)32-23-34-51(8)38-44-59-53(57)36-16-14-18-40-56(43-42-55(10)11)41-19-15-17-37-54(58)60-45-39-52(9)35-24-33-50(7)31-22-29-48(5)27-20-25-46(2)3/h38-39,46-50H,12-37,40-45H2,1-11H3/b51-38+,52-39+. The molecule has 354 valence electrons. The number of nitrogens with zero attached hydrogens (tertiary/aromatic N) is 2. The number of hydrogen-bond acceptors (Lipinski definition) is 6. The molecule has 60 heavy (non-hydrogen) atoms. The summed E-state index contributed by atoms with van der Waals surface area (Å²) < 4.78 is 11.1. The lowest BCUT2D eigenvalue weighted by Gasteiger charge is -2.24. The Hall–Kier alpha value is -1.66. The highest BCUT2D eigenvalue weighted by Gasteiger charge is 2.10. The number of hydrogen-bond donors (Lipinski definition) is 0. The van der Waals surface area contributed by atoms with Crippen molar-refractivity contribution in [2.75, 3.05) is 53.5 Å². The van der Waals surface area contributed by atoms with Crippen LogP contribution in [0.5, 0.6) is 0 Å². The SMILES string of the molecule is CCCCC(C)CCCC(C)CCC/C(C)=C/COC(=O)CCCCCN(CCCCCC(=O)OC/C=C(\C)CCCC(C)CCCC(C)CCCC(C)C)CCN(C)C. The van der Waals surface area contributed by atoms with Crippen molar-refractivity contribution in [3.05, 3.63) is 23.3 Å². The first-order chi connectivity index (χ1) is 28.7. The Morgan fingerprint density at radius 1 is 0.450 bits per heavy atom. The fourth-order valence-corrected chi connectivity index (χ4v) is 8.23. The van der Waals surface area contributed by atoms with Gasteiger partial charge in [-0.2, -0.15) is 0 Å². The zero-order chi connectivity index (χ0) is 44.8. The second-order valence-corrected chi connectivity index (χ2v) is 20.3. The lowest BCUT2D eigenvalue weighted by molar-refractivity contribution is -0.143. The van der Waals surface area contributed by atoms with Crippen LogP contribution in [0.2, 0.25) is 0 Å². The highest BCUT2D eigenvalue weighted by Crippen LogP contribution is 2.23. The van der Waals surface area contributed by atoms with Crippen LogP contribution in [0.25, 0.3) is 0 Å². The van der Waals surface area contributed by atoms with Gasteiger partial charge in [0.15, 0.2) is 0 Å². The summed E-state index contributed by atoms with van der Waals surface area (Å²) in [5.74, 6) is 4.01. The minimum absolute atomic E-state index is 0.0750. The van der Waals surface area contributed by atoms with E-state index < -0.39 is 0 Å². The van der Waals surface area contributed by atoms with E-state index in [1.165, 1.54) is 114 Å². The quantitative estimate of drug-likeness (QED) is 0.0347. The van der Waals surface area contributed by atoms with E-state index >= 15 is 0 Å². The van der Waals surface area contributed by atoms with E-state index in [2.05, 4.69) is 98.4 Å². The first-order valence-electron chi connectivity index (χ1n) is 25.7. The van der Waals surface area contributed by atoms with Gasteiger partial charge in [-0.25, -0.2) is 0 Å². The molecular formula is C54H104N2O4. The zero-order valence-corrected chi connectivity index (χ0v) is 42.2. The summed E-state index contributed by atoms with van der Waals surface area (Å²) in [6.07, 6.45) is 34.8. The maximum Gasteiger partial charge on any atom is 0.306 e. The van der Waals surface area contributed by atoms with E-state index in [1.54, 1.807) is 0 Å². The van der Waals surface area contributed by atoms with Gasteiger partial charge in [0.05, 0.1) is 0 Å². The highest BCUT2D eigenvalue weighted by molar-refractivity contribution is 5.69. The van der Waals surface area contributed by atoms with Gasteiger partial charge in [0.1, 0.15) is 13.2 Å². The van der Waals surface area contributed by atoms with Crippen LogP contribution in [-0.4, -0.2) is 75.2 Å². The van der Waals surface area contributed by atoms with Gasteiger partial charge in [-0.05, 0) is 134 Å². The first kappa shape index (κ1) is 58.3. The fourth-order valence-electron chi connectivity index (χ4n) is 8.23. The molecule has 0 aromatic rings. The molecule has 0 aromatic carbocycles. The fraction of sp³-hybridized carbons (Fsp3) is 0.889. The van der Waals surface area contributed by atoms with Gasteiger partial charge in [-0.15, -0.1) is 0 Å². The molecule has 0 rings (SSSR count). The van der Waals surface area contributed by atoms with Crippen LogP contribution in [0.15, 0.2) is 23.3 Å². The topological polar surface area (TPSA) is 59.1 Å². The summed E-state index contributed by atoms with van der Waals surface area (Å²) in [7, 11) is 4.25. The molecule has 0 amide bonds. The van der Waals surface area contributed by atoms with Gasteiger partial charge in [0, 0.05) is 25.9 Å². The van der Waals surface area contributed by atoms with Gasteiger partial charge in [-0.1, -0.05) is 162 Å². The van der Waals surface area contributed by atoms with Crippen LogP contribution in [0.4, 0.5) is 0 Å². The van der Waals surface area contributed by atoms with Crippen molar-refractivity contribution in [3.63, 3.8) is 0 Å². The van der Waals surface area contributed by atoms with Crippen molar-refractivity contribution in [2.24, 2.45) is 29.6 Å². The van der Waals surface area contributed by atoms with Gasteiger partial charge in [0.25, 0.3) is 0 Å². The van der Waals surface area contributed by atoms with Crippen LogP contribution in [0.1, 0.15) is 229 Å². The largest absolute Gasteiger partial charge is 0.461 e. The molecule has 0 saturated heterocycles. The van der Waals surface area contributed by atoms with E-state index in [1.807, 2.05) is 0 Å². The molecule has 0 heterocycles. The first-order valence-corrected chi connectivity index (χ1v) is 25.7. The molecule has 6 heteroatoms. The number of allylic oxidation sites excluding steroid dienone is 2. The maximum absolute atomic E-state index is 12.4. The predicted octanol–water partition coefficient (Wildman–Crippen LogP) is 15.2. The Kier molecular flexibility index (Phi) is 39.0. The van der Waals surface area contributed by atoms with Crippen LogP contribution in [0, 0.1) is 29.6 Å². The summed E-state index contributed by atoms with van der Waals surface area (Å²) in [6, 6.07) is 0. The lowest BCUT2D eigenvalue weighted by atomic mass is 9.91. The minimum atomic E-state index is -0.0752. The molecule has 0 aliphatic heterocycles. The summed E-state index contributed by atoms with van der Waals surface area (Å²) in [4.78, 5) is 29.6. The smallest absolute Gasteiger partial charge is 0.306 e. The molecule has 6 nitrogen and oxygen atoms in total. The van der Waals surface area contributed by atoms with Crippen LogP contribution >= 0.6 is 0 Å². The van der Waals surface area contributed by atoms with Crippen molar-refractivity contribution in [3.8, 4) is 0 Å². The number of carbonyl (C=O) groups excluding carboxylic acids is 2. The zero-order valence-electron chi connectivity index (χ0n) is 42.2. The van der Waals surface area contributed by atoms with Crippen molar-refractivity contribution >= 4 is 11.9 Å². The minimum Gasteiger partial charge on any atom is -0.461 e. The number of rotatable bonds is 42. The summed E-state index contributed by atoms with van der Waals surface area (Å²) >= 11 is 0. The highest BCUT2D eigenvalue weighted by atomic mass is 16.5. The lowest BCUT2D eigenvalue weighted by Crippen LogP contribution is -2.33. The number of carbonyl (C=O) groups is 2. The van der Waals surface area contributed by atoms with E-state index in [-0.39, 0.29) is 11.9 Å². The molecule has 0 bridgehead atoms. The van der Waals surface area contributed by atoms with Crippen molar-refractivity contribution in [1.29, 1.82) is 0 Å². The number of unbranched alkanes of at least 4 members (excludes halogenated alkanes) is 5. The second-order valence-electron chi connectivity index (χ2n) is 20.3. The average Bonchev–Trinajstić information content (AvgIpc) is 3.18. The summed E-state index contributed by atoms with van der Waals surface area (Å²) in [5.41, 5.74) is 2.67. The molecule has 0 spiro atoms. The van der Waals surface area contributed by atoms with Crippen molar-refractivity contribution < 1.29 is 19.1 Å². The molecule has 0 N–H and O–H groups in total. The Morgan fingerprint density at radius 2 is 0.833 bits per heavy atom. The summed E-state index contributed by atoms with van der Waals surface area (Å²) in [5, 5.41) is 0. The van der Waals surface area contributed by atoms with Gasteiger partial charge >= 0.3 is 11.9 Å². The van der Waals surface area contributed by atoms with E-state index in [4.69, 9.17) is 9.47 Å². The van der Waals surface area contributed by atoms with E-state index in [0.29, 0.717) is 26.1 Å². The van der Waals surface area contributed by atoms with Crippen molar-refractivity contribution in [1.82, 2.24) is 9.80 Å². The van der Waals surface area contributed by atoms with Gasteiger partial charge in [-0.3, -0.25) is 9.59 Å². The third-order valence-electron chi connectivity index (χ3n) is 12.8. The normalized spacial score (nSPS) is 14.6. The Balaban J connectivity index is 4.08. The van der Waals surface area contributed by atoms with Crippen LogP contribution in [-0.2, 0) is 19.1 Å². The third kappa shape index (κ3) is 40.4. The number of ether oxygens (including phenoxy) is 2. The van der Waals surface area contributed by atoms with E-state index in [0.717, 1.165) is 107 Å². The average molecular weight is 845 g/mol. The molecular weight excluding hydrogens is 741 g/mol. The molecule has 4 atom stereocenters. The van der Waals surface area contributed by atoms with Crippen molar-refractivity contribution in [2.45, 2.75) is 229 Å². The number of esters is 2. The summed E-state index contributed by atoms with van der Waals surface area (Å²) in [6.45, 7) is 25.9. The third-order valence-corrected chi connectivity index (χ3v) is 12.8. The van der Waals surface area contributed by atoms with Crippen LogP contribution < -0.4 is 0 Å².